The Bertz CT molecular complexity index is 1020. The predicted octanol–water partition coefficient (Wildman–Crippen LogP) is 5.84. The number of halogens is 6. The number of aliphatic hydroxyl groups excluding tert-OH is 1. The minimum atomic E-state index is -4.93. The summed E-state index contributed by atoms with van der Waals surface area (Å²) in [6.07, 6.45) is -9.04. The molecule has 4 atom stereocenters. The number of benzene rings is 2. The molecular formula is C27H32F6N2O3. The van der Waals surface area contributed by atoms with Crippen LogP contribution in [-0.2, 0) is 27.4 Å². The Morgan fingerprint density at radius 2 is 1.61 bits per heavy atom. The lowest BCUT2D eigenvalue weighted by atomic mass is 9.82. The molecule has 5 nitrogen and oxygen atoms in total. The fourth-order valence-electron chi connectivity index (χ4n) is 5.03. The Hall–Kier alpha value is -2.18. The minimum absolute atomic E-state index is 0.0111. The van der Waals surface area contributed by atoms with Crippen molar-refractivity contribution >= 4 is 0 Å². The molecule has 2 N–H and O–H groups in total. The molecule has 2 aliphatic rings. The highest BCUT2D eigenvalue weighted by Crippen LogP contribution is 2.39. The molecule has 4 rings (SSSR count). The Balaban J connectivity index is 1.49. The van der Waals surface area contributed by atoms with Gasteiger partial charge >= 0.3 is 12.4 Å². The molecule has 2 saturated heterocycles. The third-order valence-electron chi connectivity index (χ3n) is 7.31. The van der Waals surface area contributed by atoms with Crippen LogP contribution in [0, 0.1) is 0 Å². The van der Waals surface area contributed by atoms with Crippen molar-refractivity contribution in [2.24, 2.45) is 0 Å². The minimum Gasteiger partial charge on any atom is -0.372 e. The molecule has 38 heavy (non-hydrogen) atoms. The van der Waals surface area contributed by atoms with Gasteiger partial charge in [-0.25, -0.2) is 0 Å². The second kappa shape index (κ2) is 11.5. The summed E-state index contributed by atoms with van der Waals surface area (Å²) in [4.78, 5) is 1.87. The van der Waals surface area contributed by atoms with E-state index in [1.54, 1.807) is 0 Å². The van der Waals surface area contributed by atoms with Crippen LogP contribution < -0.4 is 5.32 Å². The van der Waals surface area contributed by atoms with Crippen molar-refractivity contribution in [1.82, 2.24) is 10.2 Å². The fraction of sp³-hybridized carbons (Fsp3) is 0.556. The summed E-state index contributed by atoms with van der Waals surface area (Å²) in [5.41, 5.74) is -2.81. The number of nitrogens with one attached hydrogen (secondary N) is 1. The van der Waals surface area contributed by atoms with Crippen LogP contribution in [0.2, 0.25) is 0 Å². The summed E-state index contributed by atoms with van der Waals surface area (Å²) < 4.78 is 91.8. The van der Waals surface area contributed by atoms with Crippen LogP contribution in [0.3, 0.4) is 0 Å². The van der Waals surface area contributed by atoms with E-state index in [0.29, 0.717) is 31.5 Å². The third kappa shape index (κ3) is 6.87. The molecule has 0 aromatic heterocycles. The van der Waals surface area contributed by atoms with Gasteiger partial charge in [-0.1, -0.05) is 30.3 Å². The maximum absolute atomic E-state index is 13.3. The van der Waals surface area contributed by atoms with Gasteiger partial charge in [-0.05, 0) is 61.9 Å². The van der Waals surface area contributed by atoms with Gasteiger partial charge in [0, 0.05) is 19.6 Å². The van der Waals surface area contributed by atoms with Crippen LogP contribution in [0.15, 0.2) is 48.5 Å². The van der Waals surface area contributed by atoms with E-state index < -0.39 is 41.5 Å². The van der Waals surface area contributed by atoms with Crippen LogP contribution in [0.1, 0.15) is 61.0 Å². The van der Waals surface area contributed by atoms with Crippen molar-refractivity contribution in [2.75, 3.05) is 26.2 Å². The maximum atomic E-state index is 13.3. The van der Waals surface area contributed by atoms with E-state index in [4.69, 9.17) is 9.47 Å². The highest BCUT2D eigenvalue weighted by atomic mass is 19.4. The van der Waals surface area contributed by atoms with Crippen LogP contribution in [0.25, 0.3) is 0 Å². The highest BCUT2D eigenvalue weighted by Gasteiger charge is 2.40. The maximum Gasteiger partial charge on any atom is 0.416 e. The smallest absolute Gasteiger partial charge is 0.372 e. The number of piperidine rings is 1. The number of nitrogens with zero attached hydrogens (tertiary/aromatic N) is 1. The molecule has 210 valence electrons. The first-order chi connectivity index (χ1) is 17.9. The first-order valence-electron chi connectivity index (χ1n) is 12.7. The van der Waals surface area contributed by atoms with E-state index in [0.717, 1.165) is 31.5 Å². The molecule has 2 fully saturated rings. The number of rotatable bonds is 8. The zero-order chi connectivity index (χ0) is 27.6. The molecule has 2 aromatic rings. The SMILES string of the molecule is C[C@@H](OC[C@@]1(c2ccccc2)CCC(OC(O)N2CCCC2)CN1)c1cc(C(F)(F)F)cc(C(F)(F)F)c1. The van der Waals surface area contributed by atoms with Gasteiger partial charge in [-0.3, -0.25) is 4.90 Å². The zero-order valence-corrected chi connectivity index (χ0v) is 21.0. The lowest BCUT2D eigenvalue weighted by Gasteiger charge is -2.43. The number of alkyl halides is 6. The molecule has 2 aromatic carbocycles. The second-order valence-electron chi connectivity index (χ2n) is 9.99. The number of ether oxygens (including phenoxy) is 2. The van der Waals surface area contributed by atoms with Gasteiger partial charge in [0.25, 0.3) is 0 Å². The quantitative estimate of drug-likeness (QED) is 0.322. The molecule has 0 amide bonds. The lowest BCUT2D eigenvalue weighted by molar-refractivity contribution is -0.217. The fourth-order valence-corrected chi connectivity index (χ4v) is 5.03. The molecule has 0 radical (unpaired) electrons. The van der Waals surface area contributed by atoms with Gasteiger partial charge in [0.1, 0.15) is 0 Å². The predicted molar refractivity (Wildman–Crippen MR) is 128 cm³/mol. The standard InChI is InChI=1S/C27H32F6N2O3/c1-18(19-13-21(26(28,29)30)15-22(14-19)27(31,32)33)37-17-25(20-7-3-2-4-8-20)10-9-23(16-34-25)38-24(36)35-11-5-6-12-35/h2-4,7-8,13-15,18,23-24,34,36H,5-6,9-12,16-17H2,1H3/t18-,23?,24?,25-/m1/s1. The van der Waals surface area contributed by atoms with E-state index in [-0.39, 0.29) is 24.3 Å². The van der Waals surface area contributed by atoms with Gasteiger partial charge < -0.3 is 19.9 Å². The van der Waals surface area contributed by atoms with E-state index in [9.17, 15) is 31.4 Å². The summed E-state index contributed by atoms with van der Waals surface area (Å²) in [6, 6.07) is 10.9. The van der Waals surface area contributed by atoms with Crippen LogP contribution in [0.5, 0.6) is 0 Å². The average Bonchev–Trinajstić information content (AvgIpc) is 3.43. The van der Waals surface area contributed by atoms with Gasteiger partial charge in [0.15, 0.2) is 0 Å². The lowest BCUT2D eigenvalue weighted by Crippen LogP contribution is -2.55. The first kappa shape index (κ1) is 28.8. The normalized spacial score (nSPS) is 24.9. The molecular weight excluding hydrogens is 514 g/mol. The van der Waals surface area contributed by atoms with Gasteiger partial charge in [0.2, 0.25) is 6.41 Å². The van der Waals surface area contributed by atoms with Crippen LogP contribution >= 0.6 is 0 Å². The summed E-state index contributed by atoms with van der Waals surface area (Å²) in [5.74, 6) is 0. The molecule has 0 spiro atoms. The number of hydrogen-bond acceptors (Lipinski definition) is 5. The Morgan fingerprint density at radius 1 is 1.00 bits per heavy atom. The first-order valence-corrected chi connectivity index (χ1v) is 12.7. The topological polar surface area (TPSA) is 54.0 Å². The van der Waals surface area contributed by atoms with E-state index in [2.05, 4.69) is 5.32 Å². The van der Waals surface area contributed by atoms with Crippen molar-refractivity contribution < 1.29 is 40.9 Å². The average molecular weight is 547 g/mol. The Labute approximate surface area is 217 Å². The highest BCUT2D eigenvalue weighted by molar-refractivity contribution is 5.35. The van der Waals surface area contributed by atoms with E-state index in [1.807, 2.05) is 35.2 Å². The van der Waals surface area contributed by atoms with Crippen molar-refractivity contribution in [3.63, 3.8) is 0 Å². The summed E-state index contributed by atoms with van der Waals surface area (Å²) >= 11 is 0. The van der Waals surface area contributed by atoms with Crippen molar-refractivity contribution in [3.05, 3.63) is 70.8 Å². The van der Waals surface area contributed by atoms with Crippen LogP contribution in [0.4, 0.5) is 26.3 Å². The third-order valence-corrected chi connectivity index (χ3v) is 7.31. The molecule has 2 aliphatic heterocycles. The van der Waals surface area contributed by atoms with Crippen molar-refractivity contribution in [1.29, 1.82) is 0 Å². The molecule has 2 heterocycles. The second-order valence-corrected chi connectivity index (χ2v) is 9.99. The molecule has 0 bridgehead atoms. The molecule has 11 heteroatoms. The van der Waals surface area contributed by atoms with E-state index in [1.165, 1.54) is 6.92 Å². The number of likely N-dealkylation sites (tertiary alicyclic amines) is 1. The summed E-state index contributed by atoms with van der Waals surface area (Å²) in [5, 5.41) is 13.8. The number of aliphatic hydroxyl groups is 1. The summed E-state index contributed by atoms with van der Waals surface area (Å²) in [7, 11) is 0. The monoisotopic (exact) mass is 546 g/mol. The van der Waals surface area contributed by atoms with Gasteiger partial charge in [-0.15, -0.1) is 0 Å². The summed E-state index contributed by atoms with van der Waals surface area (Å²) in [6.45, 7) is 3.38. The largest absolute Gasteiger partial charge is 0.416 e. The Kier molecular flexibility index (Phi) is 8.73. The molecule has 0 saturated carbocycles. The zero-order valence-electron chi connectivity index (χ0n) is 21.0. The molecule has 2 unspecified atom stereocenters. The van der Waals surface area contributed by atoms with Gasteiger partial charge in [-0.2, -0.15) is 26.3 Å². The number of hydrogen-bond donors (Lipinski definition) is 2. The van der Waals surface area contributed by atoms with Crippen molar-refractivity contribution in [3.8, 4) is 0 Å². The molecule has 0 aliphatic carbocycles. The van der Waals surface area contributed by atoms with Crippen LogP contribution in [-0.4, -0.2) is 48.8 Å². The van der Waals surface area contributed by atoms with Gasteiger partial charge in [0.05, 0.1) is 35.5 Å². The van der Waals surface area contributed by atoms with Crippen molar-refractivity contribution in [2.45, 2.75) is 69.1 Å². The van der Waals surface area contributed by atoms with E-state index >= 15 is 0 Å². The Morgan fingerprint density at radius 3 is 2.13 bits per heavy atom.